The van der Waals surface area contributed by atoms with Crippen LogP contribution in [0.25, 0.3) is 0 Å². The van der Waals surface area contributed by atoms with Crippen molar-refractivity contribution in [3.63, 3.8) is 0 Å². The van der Waals surface area contributed by atoms with Crippen molar-refractivity contribution in [2.45, 2.75) is 38.7 Å². The van der Waals surface area contributed by atoms with Crippen LogP contribution in [-0.4, -0.2) is 29.8 Å². The first-order valence-electron chi connectivity index (χ1n) is 6.97. The van der Waals surface area contributed by atoms with E-state index in [4.69, 9.17) is 9.84 Å². The van der Waals surface area contributed by atoms with Gasteiger partial charge in [0.25, 0.3) is 6.43 Å². The molecule has 2 N–H and O–H groups in total. The molecule has 1 aromatic rings. The van der Waals surface area contributed by atoms with E-state index in [9.17, 15) is 18.4 Å². The number of alkyl carbamates (subject to hydrolysis) is 1. The Bertz CT molecular complexity index is 491. The first kappa shape index (κ1) is 17.9. The van der Waals surface area contributed by atoms with Crippen LogP contribution in [0.1, 0.15) is 37.3 Å². The summed E-state index contributed by atoms with van der Waals surface area (Å²) >= 11 is 0. The minimum Gasteiger partial charge on any atom is -0.480 e. The van der Waals surface area contributed by atoms with Gasteiger partial charge in [-0.25, -0.2) is 18.4 Å². The van der Waals surface area contributed by atoms with E-state index in [1.807, 2.05) is 6.92 Å². The number of carbonyl (C=O) groups is 2. The number of carbonyl (C=O) groups excluding carboxylic acids is 1. The lowest BCUT2D eigenvalue weighted by molar-refractivity contribution is -0.139. The molecule has 0 bridgehead atoms. The van der Waals surface area contributed by atoms with Crippen molar-refractivity contribution in [1.29, 1.82) is 0 Å². The van der Waals surface area contributed by atoms with Crippen molar-refractivity contribution in [1.82, 2.24) is 5.32 Å². The highest BCUT2D eigenvalue weighted by atomic mass is 19.3. The number of hydrogen-bond donors (Lipinski definition) is 2. The third kappa shape index (κ3) is 6.07. The SMILES string of the molecule is CCCCOC(=O)NC(Cc1ccc(C(F)F)cc1)C(=O)O. The zero-order valence-electron chi connectivity index (χ0n) is 12.2. The number of carboxylic acids is 1. The number of hydrogen-bond acceptors (Lipinski definition) is 3. The maximum absolute atomic E-state index is 12.4. The smallest absolute Gasteiger partial charge is 0.407 e. The Morgan fingerprint density at radius 2 is 1.91 bits per heavy atom. The molecule has 1 rings (SSSR count). The number of aliphatic carboxylic acids is 1. The van der Waals surface area contributed by atoms with Gasteiger partial charge in [0.1, 0.15) is 6.04 Å². The molecule has 122 valence electrons. The summed E-state index contributed by atoms with van der Waals surface area (Å²) < 4.78 is 29.7. The summed E-state index contributed by atoms with van der Waals surface area (Å²) in [6, 6.07) is 4.13. The van der Waals surface area contributed by atoms with E-state index in [1.165, 1.54) is 24.3 Å². The Morgan fingerprint density at radius 1 is 1.27 bits per heavy atom. The second-order valence-electron chi connectivity index (χ2n) is 4.77. The van der Waals surface area contributed by atoms with Crippen LogP contribution in [0.2, 0.25) is 0 Å². The summed E-state index contributed by atoms with van der Waals surface area (Å²) in [4.78, 5) is 22.6. The van der Waals surface area contributed by atoms with Crippen LogP contribution < -0.4 is 5.32 Å². The van der Waals surface area contributed by atoms with Crippen LogP contribution in [-0.2, 0) is 16.0 Å². The Labute approximate surface area is 127 Å². The van der Waals surface area contributed by atoms with Crippen molar-refractivity contribution in [2.75, 3.05) is 6.61 Å². The normalized spacial score (nSPS) is 12.0. The number of benzene rings is 1. The topological polar surface area (TPSA) is 75.6 Å². The van der Waals surface area contributed by atoms with Crippen LogP contribution in [0.4, 0.5) is 13.6 Å². The van der Waals surface area contributed by atoms with Crippen molar-refractivity contribution in [3.8, 4) is 0 Å². The van der Waals surface area contributed by atoms with E-state index in [0.717, 1.165) is 6.42 Å². The van der Waals surface area contributed by atoms with E-state index >= 15 is 0 Å². The molecule has 5 nitrogen and oxygen atoms in total. The third-order valence-corrected chi connectivity index (χ3v) is 2.99. The van der Waals surface area contributed by atoms with Gasteiger partial charge in [-0.1, -0.05) is 37.6 Å². The highest BCUT2D eigenvalue weighted by Crippen LogP contribution is 2.19. The number of unbranched alkanes of at least 4 members (excludes halogenated alkanes) is 1. The van der Waals surface area contributed by atoms with Crippen molar-refractivity contribution >= 4 is 12.1 Å². The summed E-state index contributed by atoms with van der Waals surface area (Å²) in [6.07, 6.45) is -1.84. The van der Waals surface area contributed by atoms with Gasteiger partial charge in [0.2, 0.25) is 0 Å². The van der Waals surface area contributed by atoms with Crippen LogP contribution in [0.5, 0.6) is 0 Å². The maximum Gasteiger partial charge on any atom is 0.407 e. The number of ether oxygens (including phenoxy) is 1. The van der Waals surface area contributed by atoms with Gasteiger partial charge in [0.15, 0.2) is 0 Å². The average molecular weight is 315 g/mol. The second-order valence-corrected chi connectivity index (χ2v) is 4.77. The molecule has 0 aliphatic carbocycles. The van der Waals surface area contributed by atoms with Gasteiger partial charge in [0.05, 0.1) is 6.61 Å². The number of alkyl halides is 2. The zero-order chi connectivity index (χ0) is 16.5. The molecule has 0 fully saturated rings. The number of carboxylic acid groups (broad SMARTS) is 1. The van der Waals surface area contributed by atoms with Crippen LogP contribution in [0, 0.1) is 0 Å². The molecule has 1 unspecified atom stereocenters. The predicted molar refractivity (Wildman–Crippen MR) is 75.9 cm³/mol. The standard InChI is InChI=1S/C15H19F2NO4/c1-2-3-8-22-15(21)18-12(14(19)20)9-10-4-6-11(7-5-10)13(16)17/h4-7,12-13H,2-3,8-9H2,1H3,(H,18,21)(H,19,20). The fourth-order valence-corrected chi connectivity index (χ4v) is 1.73. The molecule has 1 amide bonds. The zero-order valence-corrected chi connectivity index (χ0v) is 12.2. The van der Waals surface area contributed by atoms with Gasteiger partial charge >= 0.3 is 12.1 Å². The number of rotatable bonds is 8. The van der Waals surface area contributed by atoms with Crippen LogP contribution in [0.3, 0.4) is 0 Å². The molecule has 0 spiro atoms. The summed E-state index contributed by atoms with van der Waals surface area (Å²) in [5, 5.41) is 11.4. The molecule has 7 heteroatoms. The number of amides is 1. The van der Waals surface area contributed by atoms with Gasteiger partial charge in [-0.15, -0.1) is 0 Å². The van der Waals surface area contributed by atoms with Gasteiger partial charge in [-0.3, -0.25) is 0 Å². The molecule has 0 aliphatic heterocycles. The van der Waals surface area contributed by atoms with E-state index in [-0.39, 0.29) is 18.6 Å². The number of nitrogens with one attached hydrogen (secondary N) is 1. The summed E-state index contributed by atoms with van der Waals surface area (Å²) in [5.74, 6) is -1.22. The highest BCUT2D eigenvalue weighted by molar-refractivity contribution is 5.80. The Morgan fingerprint density at radius 3 is 2.41 bits per heavy atom. The first-order valence-corrected chi connectivity index (χ1v) is 6.97. The molecule has 0 aromatic heterocycles. The highest BCUT2D eigenvalue weighted by Gasteiger charge is 2.21. The molecule has 0 aliphatic rings. The largest absolute Gasteiger partial charge is 0.480 e. The lowest BCUT2D eigenvalue weighted by Gasteiger charge is -2.15. The van der Waals surface area contributed by atoms with Gasteiger partial charge in [-0.2, -0.15) is 0 Å². The van der Waals surface area contributed by atoms with Gasteiger partial charge < -0.3 is 15.2 Å². The average Bonchev–Trinajstić information content (AvgIpc) is 2.47. The van der Waals surface area contributed by atoms with Crippen molar-refractivity contribution in [3.05, 3.63) is 35.4 Å². The minimum atomic E-state index is -2.57. The summed E-state index contributed by atoms with van der Waals surface area (Å²) in [6.45, 7) is 2.15. The first-order chi connectivity index (χ1) is 10.4. The van der Waals surface area contributed by atoms with E-state index in [2.05, 4.69) is 5.32 Å². The molecule has 0 radical (unpaired) electrons. The number of halogens is 2. The molecule has 1 atom stereocenters. The van der Waals surface area contributed by atoms with Crippen LogP contribution in [0.15, 0.2) is 24.3 Å². The summed E-state index contributed by atoms with van der Waals surface area (Å²) in [7, 11) is 0. The molecule has 22 heavy (non-hydrogen) atoms. The van der Waals surface area contributed by atoms with Gasteiger partial charge in [-0.05, 0) is 12.0 Å². The van der Waals surface area contributed by atoms with Crippen molar-refractivity contribution in [2.24, 2.45) is 0 Å². The van der Waals surface area contributed by atoms with Crippen LogP contribution >= 0.6 is 0 Å². The Hall–Kier alpha value is -2.18. The van der Waals surface area contributed by atoms with E-state index in [1.54, 1.807) is 0 Å². The fraction of sp³-hybridized carbons (Fsp3) is 0.467. The van der Waals surface area contributed by atoms with Gasteiger partial charge in [0, 0.05) is 12.0 Å². The maximum atomic E-state index is 12.4. The molecule has 1 aromatic carbocycles. The quantitative estimate of drug-likeness (QED) is 0.723. The lowest BCUT2D eigenvalue weighted by atomic mass is 10.0. The molecular formula is C15H19F2NO4. The summed E-state index contributed by atoms with van der Waals surface area (Å²) in [5.41, 5.74) is 0.396. The predicted octanol–water partition coefficient (Wildman–Crippen LogP) is 3.15. The van der Waals surface area contributed by atoms with E-state index in [0.29, 0.717) is 12.0 Å². The lowest BCUT2D eigenvalue weighted by Crippen LogP contribution is -2.42. The van der Waals surface area contributed by atoms with Crippen molar-refractivity contribution < 1.29 is 28.2 Å². The second kappa shape index (κ2) is 8.96. The molecular weight excluding hydrogens is 296 g/mol. The molecule has 0 heterocycles. The molecule has 0 saturated carbocycles. The molecule has 0 saturated heterocycles. The Kier molecular flexibility index (Phi) is 7.28. The Balaban J connectivity index is 2.60. The van der Waals surface area contributed by atoms with E-state index < -0.39 is 24.5 Å². The monoisotopic (exact) mass is 315 g/mol. The third-order valence-electron chi connectivity index (χ3n) is 2.99. The minimum absolute atomic E-state index is 0.0122. The fourth-order valence-electron chi connectivity index (χ4n) is 1.73.